The van der Waals surface area contributed by atoms with Crippen LogP contribution in [0.25, 0.3) is 11.3 Å². The van der Waals surface area contributed by atoms with Crippen LogP contribution >= 0.6 is 0 Å². The summed E-state index contributed by atoms with van der Waals surface area (Å²) in [6.45, 7) is 0. The SMILES string of the molecule is N#Cc1ccnc(-c2ccc(C=NNc3ccccc3)cc2)c1. The molecule has 2 aromatic carbocycles. The van der Waals surface area contributed by atoms with Crippen molar-refractivity contribution >= 4 is 11.9 Å². The molecule has 4 nitrogen and oxygen atoms in total. The second-order valence-corrected chi connectivity index (χ2v) is 4.90. The van der Waals surface area contributed by atoms with Gasteiger partial charge in [-0.2, -0.15) is 10.4 Å². The van der Waals surface area contributed by atoms with Gasteiger partial charge in [-0.3, -0.25) is 10.4 Å². The number of rotatable bonds is 4. The van der Waals surface area contributed by atoms with Crippen LogP contribution in [0.3, 0.4) is 0 Å². The Kier molecular flexibility index (Phi) is 4.41. The first-order valence-corrected chi connectivity index (χ1v) is 7.16. The summed E-state index contributed by atoms with van der Waals surface area (Å²) in [6.07, 6.45) is 3.41. The van der Waals surface area contributed by atoms with Crippen molar-refractivity contribution in [3.8, 4) is 17.3 Å². The summed E-state index contributed by atoms with van der Waals surface area (Å²) in [7, 11) is 0. The molecule has 4 heteroatoms. The Hall–Kier alpha value is -3.45. The lowest BCUT2D eigenvalue weighted by Crippen LogP contribution is -1.90. The number of hydrogen-bond donors (Lipinski definition) is 1. The van der Waals surface area contributed by atoms with Gasteiger partial charge in [0.15, 0.2) is 0 Å². The summed E-state index contributed by atoms with van der Waals surface area (Å²) in [4.78, 5) is 4.29. The zero-order chi connectivity index (χ0) is 15.9. The lowest BCUT2D eigenvalue weighted by atomic mass is 10.1. The summed E-state index contributed by atoms with van der Waals surface area (Å²) in [5.74, 6) is 0. The van der Waals surface area contributed by atoms with Gasteiger partial charge in [0.25, 0.3) is 0 Å². The van der Waals surface area contributed by atoms with Crippen molar-refractivity contribution in [1.82, 2.24) is 4.98 Å². The lowest BCUT2D eigenvalue weighted by molar-refractivity contribution is 1.31. The van der Waals surface area contributed by atoms with Crippen molar-refractivity contribution in [1.29, 1.82) is 5.26 Å². The van der Waals surface area contributed by atoms with Crippen LogP contribution in [0, 0.1) is 11.3 Å². The smallest absolute Gasteiger partial charge is 0.0992 e. The molecule has 23 heavy (non-hydrogen) atoms. The fourth-order valence-electron chi connectivity index (χ4n) is 2.09. The van der Waals surface area contributed by atoms with Gasteiger partial charge in [0.05, 0.1) is 29.2 Å². The number of nitriles is 1. The van der Waals surface area contributed by atoms with Gasteiger partial charge in [0, 0.05) is 11.8 Å². The molecule has 0 saturated carbocycles. The highest BCUT2D eigenvalue weighted by Gasteiger charge is 2.00. The number of anilines is 1. The minimum absolute atomic E-state index is 0.604. The summed E-state index contributed by atoms with van der Waals surface area (Å²) in [5.41, 5.74) is 7.26. The molecule has 3 aromatic rings. The van der Waals surface area contributed by atoms with Crippen molar-refractivity contribution in [2.45, 2.75) is 0 Å². The fourth-order valence-corrected chi connectivity index (χ4v) is 2.09. The molecule has 1 heterocycles. The Morgan fingerprint density at radius 2 is 1.78 bits per heavy atom. The van der Waals surface area contributed by atoms with Gasteiger partial charge >= 0.3 is 0 Å². The maximum atomic E-state index is 8.94. The van der Waals surface area contributed by atoms with Crippen molar-refractivity contribution in [3.63, 3.8) is 0 Å². The van der Waals surface area contributed by atoms with Gasteiger partial charge < -0.3 is 0 Å². The zero-order valence-electron chi connectivity index (χ0n) is 12.3. The highest BCUT2D eigenvalue weighted by Crippen LogP contribution is 2.18. The van der Waals surface area contributed by atoms with Crippen molar-refractivity contribution < 1.29 is 0 Å². The molecule has 0 bridgehead atoms. The molecule has 0 aliphatic heterocycles. The number of hydrogen-bond acceptors (Lipinski definition) is 4. The third kappa shape index (κ3) is 3.80. The van der Waals surface area contributed by atoms with E-state index in [-0.39, 0.29) is 0 Å². The van der Waals surface area contributed by atoms with Crippen molar-refractivity contribution in [3.05, 3.63) is 84.1 Å². The number of nitrogens with one attached hydrogen (secondary N) is 1. The van der Waals surface area contributed by atoms with Gasteiger partial charge in [-0.1, -0.05) is 42.5 Å². The molecule has 1 aromatic heterocycles. The highest BCUT2D eigenvalue weighted by atomic mass is 15.3. The minimum atomic E-state index is 0.604. The molecule has 0 aliphatic carbocycles. The lowest BCUT2D eigenvalue weighted by Gasteiger charge is -2.02. The molecule has 0 unspecified atom stereocenters. The molecule has 0 spiro atoms. The number of nitrogens with zero attached hydrogens (tertiary/aromatic N) is 3. The predicted octanol–water partition coefficient (Wildman–Crippen LogP) is 4.07. The topological polar surface area (TPSA) is 61.1 Å². The van der Waals surface area contributed by atoms with E-state index in [2.05, 4.69) is 21.6 Å². The van der Waals surface area contributed by atoms with Crippen LogP contribution in [0.1, 0.15) is 11.1 Å². The van der Waals surface area contributed by atoms with Gasteiger partial charge in [-0.05, 0) is 29.8 Å². The van der Waals surface area contributed by atoms with E-state index in [1.54, 1.807) is 24.5 Å². The zero-order valence-corrected chi connectivity index (χ0v) is 12.3. The number of para-hydroxylation sites is 1. The number of aromatic nitrogens is 1. The highest BCUT2D eigenvalue weighted by molar-refractivity contribution is 5.81. The van der Waals surface area contributed by atoms with Crippen molar-refractivity contribution in [2.24, 2.45) is 5.10 Å². The Morgan fingerprint density at radius 3 is 2.52 bits per heavy atom. The van der Waals surface area contributed by atoms with E-state index in [1.165, 1.54) is 0 Å². The molecule has 0 amide bonds. The molecule has 0 atom stereocenters. The normalized spacial score (nSPS) is 10.4. The third-order valence-electron chi connectivity index (χ3n) is 3.28. The first-order valence-electron chi connectivity index (χ1n) is 7.16. The van der Waals surface area contributed by atoms with Gasteiger partial charge in [0.1, 0.15) is 0 Å². The molecule has 3 rings (SSSR count). The van der Waals surface area contributed by atoms with Gasteiger partial charge in [-0.25, -0.2) is 0 Å². The maximum Gasteiger partial charge on any atom is 0.0992 e. The molecule has 110 valence electrons. The summed E-state index contributed by atoms with van der Waals surface area (Å²) in [5, 5.41) is 13.1. The Labute approximate surface area is 134 Å². The Morgan fingerprint density at radius 1 is 1.00 bits per heavy atom. The van der Waals surface area contributed by atoms with Crippen LogP contribution in [-0.4, -0.2) is 11.2 Å². The van der Waals surface area contributed by atoms with E-state index in [4.69, 9.17) is 5.26 Å². The van der Waals surface area contributed by atoms with Crippen LogP contribution in [0.4, 0.5) is 5.69 Å². The quantitative estimate of drug-likeness (QED) is 0.583. The second kappa shape index (κ2) is 7.01. The van der Waals surface area contributed by atoms with Crippen LogP contribution in [0.2, 0.25) is 0 Å². The van der Waals surface area contributed by atoms with E-state index in [0.717, 1.165) is 22.5 Å². The minimum Gasteiger partial charge on any atom is -0.279 e. The summed E-state index contributed by atoms with van der Waals surface area (Å²) in [6, 6.07) is 23.2. The Balaban J connectivity index is 1.71. The summed E-state index contributed by atoms with van der Waals surface area (Å²) < 4.78 is 0. The Bertz CT molecular complexity index is 847. The molecule has 1 N–H and O–H groups in total. The number of pyridine rings is 1. The van der Waals surface area contributed by atoms with E-state index >= 15 is 0 Å². The molecule has 0 aliphatic rings. The molecule has 0 saturated heterocycles. The molecule has 0 radical (unpaired) electrons. The first kappa shape index (κ1) is 14.5. The molecule has 0 fully saturated rings. The van der Waals surface area contributed by atoms with Gasteiger partial charge in [0.2, 0.25) is 0 Å². The van der Waals surface area contributed by atoms with Crippen LogP contribution in [0.15, 0.2) is 78.0 Å². The monoisotopic (exact) mass is 298 g/mol. The number of hydrazone groups is 1. The first-order chi connectivity index (χ1) is 11.3. The van der Waals surface area contributed by atoms with Crippen molar-refractivity contribution in [2.75, 3.05) is 5.43 Å². The van der Waals surface area contributed by atoms with Crippen LogP contribution in [-0.2, 0) is 0 Å². The largest absolute Gasteiger partial charge is 0.279 e. The van der Waals surface area contributed by atoms with E-state index in [9.17, 15) is 0 Å². The van der Waals surface area contributed by atoms with Gasteiger partial charge in [-0.15, -0.1) is 0 Å². The summed E-state index contributed by atoms with van der Waals surface area (Å²) >= 11 is 0. The average molecular weight is 298 g/mol. The second-order valence-electron chi connectivity index (χ2n) is 4.90. The van der Waals surface area contributed by atoms with E-state index in [0.29, 0.717) is 5.56 Å². The number of benzene rings is 2. The third-order valence-corrected chi connectivity index (χ3v) is 3.28. The van der Waals surface area contributed by atoms with E-state index < -0.39 is 0 Å². The predicted molar refractivity (Wildman–Crippen MR) is 92.0 cm³/mol. The van der Waals surface area contributed by atoms with Crippen LogP contribution < -0.4 is 5.43 Å². The van der Waals surface area contributed by atoms with Crippen LogP contribution in [0.5, 0.6) is 0 Å². The maximum absolute atomic E-state index is 8.94. The fraction of sp³-hybridized carbons (Fsp3) is 0. The standard InChI is InChI=1S/C19H14N4/c20-13-16-10-11-21-19(12-16)17-8-6-15(7-9-17)14-22-23-18-4-2-1-3-5-18/h1-12,14,23H. The average Bonchev–Trinajstić information content (AvgIpc) is 2.63. The van der Waals surface area contributed by atoms with E-state index in [1.807, 2.05) is 54.6 Å². The molecular formula is C19H14N4. The molecular weight excluding hydrogens is 284 g/mol.